The Balaban J connectivity index is 1.42. The number of amides is 2. The number of aryl methyl sites for hydroxylation is 1. The van der Waals surface area contributed by atoms with E-state index in [4.69, 9.17) is 4.74 Å². The number of fused-ring (bicyclic) bond motifs is 1. The van der Waals surface area contributed by atoms with Crippen molar-refractivity contribution in [2.45, 2.75) is 50.5 Å². The highest BCUT2D eigenvalue weighted by molar-refractivity contribution is 5.87. The van der Waals surface area contributed by atoms with E-state index in [1.165, 1.54) is 5.56 Å². The lowest BCUT2D eigenvalue weighted by molar-refractivity contribution is -0.157. The number of nitrogens with one attached hydrogen (secondary N) is 1. The van der Waals surface area contributed by atoms with E-state index in [-0.39, 0.29) is 24.5 Å². The van der Waals surface area contributed by atoms with Crippen molar-refractivity contribution in [2.24, 2.45) is 0 Å². The summed E-state index contributed by atoms with van der Waals surface area (Å²) < 4.78 is 5.57. The van der Waals surface area contributed by atoms with Crippen LogP contribution >= 0.6 is 0 Å². The fourth-order valence-electron chi connectivity index (χ4n) is 4.98. The summed E-state index contributed by atoms with van der Waals surface area (Å²) in [6.45, 7) is 2.22. The average molecular weight is 435 g/mol. The molecule has 1 atom stereocenters. The number of piperidine rings is 1. The number of nitrogens with zero attached hydrogens (tertiary/aromatic N) is 1. The number of ether oxygens (including phenoxy) is 1. The summed E-state index contributed by atoms with van der Waals surface area (Å²) in [7, 11) is 0. The molecule has 1 unspecified atom stereocenters. The molecule has 1 fully saturated rings. The number of carbonyl (C=O) groups excluding carboxylic acids is 3. The van der Waals surface area contributed by atoms with Crippen molar-refractivity contribution in [3.8, 4) is 0 Å². The molecule has 2 aromatic rings. The first-order chi connectivity index (χ1) is 15.5. The molecule has 2 aliphatic rings. The van der Waals surface area contributed by atoms with E-state index < -0.39 is 11.4 Å². The highest BCUT2D eigenvalue weighted by atomic mass is 16.5. The molecule has 2 amide bonds. The maximum Gasteiger partial charge on any atom is 0.317 e. The molecule has 32 heavy (non-hydrogen) atoms. The molecule has 4 rings (SSSR count). The molecule has 1 aliphatic carbocycles. The Kier molecular flexibility index (Phi) is 6.58. The van der Waals surface area contributed by atoms with E-state index in [1.807, 2.05) is 42.5 Å². The van der Waals surface area contributed by atoms with Crippen molar-refractivity contribution in [3.05, 3.63) is 71.3 Å². The molecule has 1 saturated heterocycles. The normalized spacial score (nSPS) is 19.5. The number of likely N-dealkylation sites (tertiary alicyclic amines) is 1. The minimum atomic E-state index is -0.842. The fourth-order valence-corrected chi connectivity index (χ4v) is 4.98. The number of hydrogen-bond acceptors (Lipinski definition) is 4. The molecule has 0 aromatic heterocycles. The van der Waals surface area contributed by atoms with E-state index in [0.29, 0.717) is 25.9 Å². The molecule has 1 aliphatic heterocycles. The van der Waals surface area contributed by atoms with Gasteiger partial charge in [0.05, 0.1) is 11.5 Å². The van der Waals surface area contributed by atoms with Crippen molar-refractivity contribution in [2.75, 3.05) is 19.7 Å². The quantitative estimate of drug-likeness (QED) is 0.733. The molecular formula is C26H30N2O4. The molecule has 6 nitrogen and oxygen atoms in total. The predicted octanol–water partition coefficient (Wildman–Crippen LogP) is 3.30. The Morgan fingerprint density at radius 1 is 1.03 bits per heavy atom. The Labute approximate surface area is 188 Å². The molecule has 1 heterocycles. The summed E-state index contributed by atoms with van der Waals surface area (Å²) in [5, 5.41) is 3.04. The predicted molar refractivity (Wildman–Crippen MR) is 121 cm³/mol. The second kappa shape index (κ2) is 9.55. The first-order valence-corrected chi connectivity index (χ1v) is 11.3. The third-order valence-electron chi connectivity index (χ3n) is 6.82. The van der Waals surface area contributed by atoms with Crippen LogP contribution in [0.1, 0.15) is 55.3 Å². The topological polar surface area (TPSA) is 75.7 Å². The van der Waals surface area contributed by atoms with Crippen LogP contribution in [0, 0.1) is 0 Å². The first-order valence-electron chi connectivity index (χ1n) is 11.3. The van der Waals surface area contributed by atoms with E-state index in [1.54, 1.807) is 11.8 Å². The second-order valence-corrected chi connectivity index (χ2v) is 8.74. The number of esters is 1. The summed E-state index contributed by atoms with van der Waals surface area (Å²) in [5.74, 6) is -0.678. The van der Waals surface area contributed by atoms with E-state index in [9.17, 15) is 14.4 Å². The Morgan fingerprint density at radius 3 is 2.44 bits per heavy atom. The smallest absolute Gasteiger partial charge is 0.317 e. The summed E-state index contributed by atoms with van der Waals surface area (Å²) in [6, 6.07) is 17.7. The van der Waals surface area contributed by atoms with Gasteiger partial charge >= 0.3 is 5.97 Å². The van der Waals surface area contributed by atoms with E-state index >= 15 is 0 Å². The number of rotatable bonds is 5. The van der Waals surface area contributed by atoms with Crippen molar-refractivity contribution in [1.82, 2.24) is 10.2 Å². The molecule has 0 radical (unpaired) electrons. The number of hydrogen-bond donors (Lipinski definition) is 1. The Morgan fingerprint density at radius 2 is 1.72 bits per heavy atom. The van der Waals surface area contributed by atoms with Crippen LogP contribution in [0.5, 0.6) is 0 Å². The zero-order chi connectivity index (χ0) is 22.6. The van der Waals surface area contributed by atoms with Crippen LogP contribution in [0.2, 0.25) is 0 Å². The van der Waals surface area contributed by atoms with Gasteiger partial charge in [-0.1, -0.05) is 54.6 Å². The maximum atomic E-state index is 13.3. The van der Waals surface area contributed by atoms with Gasteiger partial charge in [-0.15, -0.1) is 0 Å². The van der Waals surface area contributed by atoms with Crippen LogP contribution in [0.4, 0.5) is 0 Å². The van der Waals surface area contributed by atoms with Gasteiger partial charge < -0.3 is 15.0 Å². The van der Waals surface area contributed by atoms with Crippen LogP contribution in [0.15, 0.2) is 54.6 Å². The van der Waals surface area contributed by atoms with Gasteiger partial charge in [-0.05, 0) is 48.8 Å². The van der Waals surface area contributed by atoms with Gasteiger partial charge in [0.1, 0.15) is 0 Å². The molecule has 2 aromatic carbocycles. The SMILES string of the molecule is CC(=O)N1CCC(C(=O)OCC(=O)NC2CCCc3ccccc32)(c2ccccc2)CC1. The highest BCUT2D eigenvalue weighted by Crippen LogP contribution is 2.37. The molecule has 1 N–H and O–H groups in total. The molecular weight excluding hydrogens is 404 g/mol. The van der Waals surface area contributed by atoms with Gasteiger partial charge in [-0.3, -0.25) is 14.4 Å². The van der Waals surface area contributed by atoms with Crippen molar-refractivity contribution < 1.29 is 19.1 Å². The van der Waals surface area contributed by atoms with Gasteiger partial charge in [0.25, 0.3) is 5.91 Å². The standard InChI is InChI=1S/C26H30N2O4/c1-19(29)28-16-14-26(15-17-28,21-10-3-2-4-11-21)25(31)32-18-24(30)27-23-13-7-9-20-8-5-6-12-22(20)23/h2-6,8,10-12,23H,7,9,13-18H2,1H3,(H,27,30). The lowest BCUT2D eigenvalue weighted by atomic mass is 9.72. The molecule has 168 valence electrons. The summed E-state index contributed by atoms with van der Waals surface area (Å²) in [5.41, 5.74) is 2.44. The van der Waals surface area contributed by atoms with Gasteiger partial charge in [0, 0.05) is 20.0 Å². The summed E-state index contributed by atoms with van der Waals surface area (Å²) in [4.78, 5) is 39.5. The second-order valence-electron chi connectivity index (χ2n) is 8.74. The third kappa shape index (κ3) is 4.54. The van der Waals surface area contributed by atoms with Crippen LogP contribution in [-0.2, 0) is 31.0 Å². The average Bonchev–Trinajstić information content (AvgIpc) is 2.83. The summed E-state index contributed by atoms with van der Waals surface area (Å²) in [6.07, 6.45) is 3.88. The Hall–Kier alpha value is -3.15. The van der Waals surface area contributed by atoms with Gasteiger partial charge in [0.2, 0.25) is 5.91 Å². The van der Waals surface area contributed by atoms with Gasteiger partial charge in [-0.25, -0.2) is 0 Å². The molecule has 0 saturated carbocycles. The van der Waals surface area contributed by atoms with Crippen LogP contribution < -0.4 is 5.32 Å². The largest absolute Gasteiger partial charge is 0.455 e. The molecule has 0 spiro atoms. The maximum absolute atomic E-state index is 13.3. The van der Waals surface area contributed by atoms with E-state index in [0.717, 1.165) is 30.4 Å². The Bertz CT molecular complexity index is 980. The van der Waals surface area contributed by atoms with Crippen LogP contribution in [0.3, 0.4) is 0 Å². The van der Waals surface area contributed by atoms with Crippen LogP contribution in [-0.4, -0.2) is 42.4 Å². The van der Waals surface area contributed by atoms with Gasteiger partial charge in [0.15, 0.2) is 6.61 Å². The highest BCUT2D eigenvalue weighted by Gasteiger charge is 2.45. The van der Waals surface area contributed by atoms with Crippen molar-refractivity contribution in [3.63, 3.8) is 0 Å². The van der Waals surface area contributed by atoms with Gasteiger partial charge in [-0.2, -0.15) is 0 Å². The van der Waals surface area contributed by atoms with E-state index in [2.05, 4.69) is 17.4 Å². The van der Waals surface area contributed by atoms with Crippen molar-refractivity contribution in [1.29, 1.82) is 0 Å². The third-order valence-corrected chi connectivity index (χ3v) is 6.82. The monoisotopic (exact) mass is 434 g/mol. The molecule has 6 heteroatoms. The number of carbonyl (C=O) groups is 3. The van der Waals surface area contributed by atoms with Crippen LogP contribution in [0.25, 0.3) is 0 Å². The number of benzene rings is 2. The van der Waals surface area contributed by atoms with Crippen molar-refractivity contribution >= 4 is 17.8 Å². The lowest BCUT2D eigenvalue weighted by Crippen LogP contribution is -2.49. The zero-order valence-corrected chi connectivity index (χ0v) is 18.5. The minimum Gasteiger partial charge on any atom is -0.455 e. The first kappa shape index (κ1) is 22.1. The summed E-state index contributed by atoms with van der Waals surface area (Å²) >= 11 is 0. The lowest BCUT2D eigenvalue weighted by Gasteiger charge is -2.40. The minimum absolute atomic E-state index is 0.00664. The fraction of sp³-hybridized carbons (Fsp3) is 0.423. The molecule has 0 bridgehead atoms. The zero-order valence-electron chi connectivity index (χ0n) is 18.5.